The van der Waals surface area contributed by atoms with Crippen LogP contribution in [0, 0.1) is 11.5 Å². The molecule has 0 aliphatic heterocycles. The summed E-state index contributed by atoms with van der Waals surface area (Å²) in [5, 5.41) is 0. The summed E-state index contributed by atoms with van der Waals surface area (Å²) in [5.41, 5.74) is 8.01. The zero-order valence-electron chi connectivity index (χ0n) is 16.8. The first-order chi connectivity index (χ1) is 11.2. The number of hydrogen-bond acceptors (Lipinski definition) is 0. The molecule has 0 bridgehead atoms. The fourth-order valence-corrected chi connectivity index (χ4v) is 3.77. The summed E-state index contributed by atoms with van der Waals surface area (Å²) in [6.07, 6.45) is 15.3. The molecule has 0 aromatic carbocycles. The number of rotatable bonds is 10. The van der Waals surface area contributed by atoms with Gasteiger partial charge in [0.15, 0.2) is 0 Å². The first-order valence-electron chi connectivity index (χ1n) is 9.27. The Morgan fingerprint density at radius 1 is 0.792 bits per heavy atom. The van der Waals surface area contributed by atoms with Crippen LogP contribution >= 0.6 is 22.6 Å². The van der Waals surface area contributed by atoms with Crippen molar-refractivity contribution in [3.05, 3.63) is 34.9 Å². The Morgan fingerprint density at radius 3 is 1.71 bits per heavy atom. The van der Waals surface area contributed by atoms with Crippen molar-refractivity contribution in [2.45, 2.75) is 85.4 Å². The van der Waals surface area contributed by atoms with Crippen LogP contribution in [-0.2, 0) is 0 Å². The van der Waals surface area contributed by atoms with E-state index in [1.165, 1.54) is 53.3 Å². The van der Waals surface area contributed by atoms with Gasteiger partial charge in [-0.25, -0.2) is 0 Å². The summed E-state index contributed by atoms with van der Waals surface area (Å²) in [5.74, 6) is 3.35. The Morgan fingerprint density at radius 2 is 1.25 bits per heavy atom. The van der Waals surface area contributed by atoms with Gasteiger partial charge < -0.3 is 0 Å². The van der Waals surface area contributed by atoms with Crippen LogP contribution in [0.5, 0.6) is 0 Å². The van der Waals surface area contributed by atoms with E-state index in [-0.39, 0.29) is 0 Å². The van der Waals surface area contributed by atoms with Crippen molar-refractivity contribution in [3.8, 4) is 11.5 Å². The van der Waals surface area contributed by atoms with Gasteiger partial charge in [-0.3, -0.25) is 0 Å². The fraction of sp³-hybridized carbons (Fsp3) is 0.636. The summed E-state index contributed by atoms with van der Waals surface area (Å²) in [6.45, 7) is 13.7. The highest BCUT2D eigenvalue weighted by Gasteiger charge is 2.06. The van der Waals surface area contributed by atoms with Crippen molar-refractivity contribution in [2.24, 2.45) is 0 Å². The Bertz CT molecular complexity index is 492. The highest BCUT2D eigenvalue weighted by molar-refractivity contribution is 14.1. The molecule has 24 heavy (non-hydrogen) atoms. The van der Waals surface area contributed by atoms with Crippen LogP contribution in [-0.4, -0.2) is 12.5 Å². The van der Waals surface area contributed by atoms with Crippen molar-refractivity contribution < 1.29 is 0 Å². The average Bonchev–Trinajstić information content (AvgIpc) is 2.46. The molecule has 0 saturated carbocycles. The molecular weight excluding hydrogens is 419 g/mol. The van der Waals surface area contributed by atoms with Crippen molar-refractivity contribution in [1.82, 2.24) is 0 Å². The molecule has 0 fully saturated rings. The van der Waals surface area contributed by atoms with Crippen molar-refractivity contribution in [3.63, 3.8) is 0 Å². The Labute approximate surface area is 166 Å². The molecule has 0 heterocycles. The van der Waals surface area contributed by atoms with Crippen LogP contribution in [0.15, 0.2) is 34.9 Å². The van der Waals surface area contributed by atoms with Gasteiger partial charge in [-0.15, -0.1) is 11.5 Å². The molecule has 0 nitrogen and oxygen atoms in total. The average molecular weight is 457 g/mol. The van der Waals surface area contributed by atoms with Crippen LogP contribution in [0.1, 0.15) is 65.7 Å². The summed E-state index contributed by atoms with van der Waals surface area (Å²) in [6, 6.07) is 0. The fourth-order valence-electron chi connectivity index (χ4n) is 2.27. The Hall–Kier alpha value is -0.273. The van der Waals surface area contributed by atoms with Gasteiger partial charge in [0.1, 0.15) is 8.07 Å². The van der Waals surface area contributed by atoms with E-state index in [0.29, 0.717) is 0 Å². The number of alkyl halides is 1. The lowest BCUT2D eigenvalue weighted by atomic mass is 10.1. The summed E-state index contributed by atoms with van der Waals surface area (Å²) < 4.78 is 1.23. The normalized spacial score (nSPS) is 13.7. The van der Waals surface area contributed by atoms with E-state index in [1.54, 1.807) is 0 Å². The molecule has 0 N–H and O–H groups in total. The second kappa shape index (κ2) is 14.0. The van der Waals surface area contributed by atoms with E-state index in [2.05, 4.69) is 92.7 Å². The monoisotopic (exact) mass is 456 g/mol. The maximum absolute atomic E-state index is 3.43. The molecule has 0 aromatic heterocycles. The summed E-state index contributed by atoms with van der Waals surface area (Å²) >= 11 is 2.45. The molecule has 0 saturated heterocycles. The van der Waals surface area contributed by atoms with Gasteiger partial charge in [-0.2, -0.15) is 0 Å². The van der Waals surface area contributed by atoms with Gasteiger partial charge in [-0.1, -0.05) is 77.2 Å². The molecule has 0 atom stereocenters. The maximum atomic E-state index is 3.43. The third-order valence-electron chi connectivity index (χ3n) is 3.78. The molecule has 0 amide bonds. The summed E-state index contributed by atoms with van der Waals surface area (Å²) in [4.78, 5) is 0. The molecule has 136 valence electrons. The van der Waals surface area contributed by atoms with E-state index in [4.69, 9.17) is 0 Å². The number of halogens is 1. The molecule has 0 aliphatic rings. The minimum Gasteiger partial charge on any atom is -0.132 e. The zero-order chi connectivity index (χ0) is 18.4. The molecule has 0 rings (SSSR count). The third-order valence-corrected chi connectivity index (χ3v) is 5.24. The minimum absolute atomic E-state index is 1.01. The molecule has 2 heteroatoms. The van der Waals surface area contributed by atoms with Crippen LogP contribution in [0.3, 0.4) is 0 Å². The number of allylic oxidation sites excluding steroid dienone is 6. The third kappa shape index (κ3) is 16.6. The van der Waals surface area contributed by atoms with Gasteiger partial charge in [0.2, 0.25) is 0 Å². The topological polar surface area (TPSA) is 0 Å². The Kier molecular flexibility index (Phi) is 13.8. The first-order valence-corrected chi connectivity index (χ1v) is 14.3. The predicted octanol–water partition coefficient (Wildman–Crippen LogP) is 7.87. The van der Waals surface area contributed by atoms with Crippen LogP contribution in [0.25, 0.3) is 0 Å². The van der Waals surface area contributed by atoms with E-state index in [9.17, 15) is 0 Å². The van der Waals surface area contributed by atoms with E-state index in [0.717, 1.165) is 12.8 Å². The highest BCUT2D eigenvalue weighted by atomic mass is 127. The van der Waals surface area contributed by atoms with Crippen molar-refractivity contribution >= 4 is 30.7 Å². The SMILES string of the molecule is C/C(=C\CC/C(C)=C/CC/C(C)=C/CCC#C[Si](C)(C)C)CCI. The Balaban J connectivity index is 3.99. The highest BCUT2D eigenvalue weighted by Crippen LogP contribution is 2.13. The largest absolute Gasteiger partial charge is 0.132 e. The maximum Gasteiger partial charge on any atom is 0.129 e. The lowest BCUT2D eigenvalue weighted by molar-refractivity contribution is 0.906. The molecule has 0 unspecified atom stereocenters. The molecule has 0 radical (unpaired) electrons. The van der Waals surface area contributed by atoms with Gasteiger partial charge in [0.25, 0.3) is 0 Å². The van der Waals surface area contributed by atoms with Gasteiger partial charge in [-0.05, 0) is 59.3 Å². The van der Waals surface area contributed by atoms with E-state index in [1.807, 2.05) is 0 Å². The lowest BCUT2D eigenvalue weighted by Gasteiger charge is -2.03. The second-order valence-corrected chi connectivity index (χ2v) is 13.6. The molecule has 0 aliphatic carbocycles. The van der Waals surface area contributed by atoms with E-state index < -0.39 is 8.07 Å². The molecule has 0 spiro atoms. The molecular formula is C22H37ISi. The summed E-state index contributed by atoms with van der Waals surface area (Å²) in [7, 11) is -1.19. The van der Waals surface area contributed by atoms with Gasteiger partial charge >= 0.3 is 0 Å². The lowest BCUT2D eigenvalue weighted by Crippen LogP contribution is -2.16. The van der Waals surface area contributed by atoms with Crippen LogP contribution < -0.4 is 0 Å². The smallest absolute Gasteiger partial charge is 0.129 e. The number of hydrogen-bond donors (Lipinski definition) is 0. The predicted molar refractivity (Wildman–Crippen MR) is 124 cm³/mol. The van der Waals surface area contributed by atoms with Crippen LogP contribution in [0.4, 0.5) is 0 Å². The number of unbranched alkanes of at least 4 members (excludes halogenated alkanes) is 1. The quantitative estimate of drug-likeness (QED) is 0.0783. The second-order valence-electron chi connectivity index (χ2n) is 7.76. The van der Waals surface area contributed by atoms with Gasteiger partial charge in [0, 0.05) is 10.8 Å². The van der Waals surface area contributed by atoms with E-state index >= 15 is 0 Å². The standard InChI is InChI=1S/C22H37ISi/c1-20(12-8-7-9-19-24(4,5)6)13-10-14-21(2)15-11-16-22(3)17-18-23/h12,14,16H,7-8,10-11,13,15,17-18H2,1-6H3/b20-12+,21-14+,22-16+. The minimum atomic E-state index is -1.19. The van der Waals surface area contributed by atoms with Crippen LogP contribution in [0.2, 0.25) is 19.6 Å². The van der Waals surface area contributed by atoms with Gasteiger partial charge in [0.05, 0.1) is 0 Å². The zero-order valence-corrected chi connectivity index (χ0v) is 19.9. The van der Waals surface area contributed by atoms with Crippen molar-refractivity contribution in [2.75, 3.05) is 4.43 Å². The van der Waals surface area contributed by atoms with Crippen molar-refractivity contribution in [1.29, 1.82) is 0 Å². The first kappa shape index (κ1) is 23.7. The molecule has 0 aromatic rings.